The van der Waals surface area contributed by atoms with Gasteiger partial charge in [-0.25, -0.2) is 0 Å². The zero-order chi connectivity index (χ0) is 26.3. The highest BCUT2D eigenvalue weighted by atomic mass is 16.5. The molecule has 5 nitrogen and oxygen atoms in total. The van der Waals surface area contributed by atoms with E-state index in [1.807, 2.05) is 92.7 Å². The van der Waals surface area contributed by atoms with E-state index in [9.17, 15) is 4.79 Å². The topological polar surface area (TPSA) is 66.2 Å². The number of rotatable bonds is 10. The number of amides is 1. The Morgan fingerprint density at radius 1 is 0.789 bits per heavy atom. The van der Waals surface area contributed by atoms with Gasteiger partial charge in [0.2, 0.25) is 5.91 Å². The number of hydrogen-bond donors (Lipinski definition) is 3. The van der Waals surface area contributed by atoms with Crippen LogP contribution >= 0.6 is 0 Å². The highest BCUT2D eigenvalue weighted by Crippen LogP contribution is 2.34. The second-order valence-electron chi connectivity index (χ2n) is 9.59. The van der Waals surface area contributed by atoms with Gasteiger partial charge in [-0.3, -0.25) is 4.79 Å². The summed E-state index contributed by atoms with van der Waals surface area (Å²) in [6.07, 6.45) is 0. The van der Waals surface area contributed by atoms with Crippen LogP contribution in [0.3, 0.4) is 0 Å². The molecule has 0 fully saturated rings. The van der Waals surface area contributed by atoms with Crippen LogP contribution in [0.4, 0.5) is 5.82 Å². The van der Waals surface area contributed by atoms with Crippen molar-refractivity contribution in [3.8, 4) is 5.75 Å². The summed E-state index contributed by atoms with van der Waals surface area (Å²) in [6.45, 7) is 5.14. The molecule has 2 atom stereocenters. The zero-order valence-electron chi connectivity index (χ0n) is 21.8. The minimum Gasteiger partial charge on any atom is -0.489 e. The van der Waals surface area contributed by atoms with Gasteiger partial charge in [0.15, 0.2) is 0 Å². The highest BCUT2D eigenvalue weighted by molar-refractivity contribution is 5.96. The van der Waals surface area contributed by atoms with Gasteiger partial charge < -0.3 is 20.4 Å². The van der Waals surface area contributed by atoms with Crippen molar-refractivity contribution in [1.82, 2.24) is 10.3 Å². The summed E-state index contributed by atoms with van der Waals surface area (Å²) in [5.41, 5.74) is 5.32. The Hall–Kier alpha value is -4.51. The molecule has 1 aromatic heterocycles. The van der Waals surface area contributed by atoms with Crippen LogP contribution < -0.4 is 15.4 Å². The summed E-state index contributed by atoms with van der Waals surface area (Å²) >= 11 is 0. The quantitative estimate of drug-likeness (QED) is 0.187. The van der Waals surface area contributed by atoms with Crippen molar-refractivity contribution >= 4 is 22.6 Å². The van der Waals surface area contributed by atoms with Gasteiger partial charge >= 0.3 is 0 Å². The predicted molar refractivity (Wildman–Crippen MR) is 154 cm³/mol. The van der Waals surface area contributed by atoms with E-state index in [0.29, 0.717) is 13.2 Å². The maximum Gasteiger partial charge on any atom is 0.227 e. The van der Waals surface area contributed by atoms with Crippen LogP contribution in [-0.4, -0.2) is 10.9 Å². The average molecular weight is 504 g/mol. The molecule has 0 aliphatic carbocycles. The Labute approximate surface area is 223 Å². The fraction of sp³-hybridized carbons (Fsp3) is 0.182. The largest absolute Gasteiger partial charge is 0.489 e. The third-order valence-electron chi connectivity index (χ3n) is 6.87. The summed E-state index contributed by atoms with van der Waals surface area (Å²) in [5, 5.41) is 7.78. The van der Waals surface area contributed by atoms with E-state index in [0.717, 1.165) is 44.7 Å². The zero-order valence-corrected chi connectivity index (χ0v) is 21.8. The van der Waals surface area contributed by atoms with E-state index < -0.39 is 0 Å². The maximum absolute atomic E-state index is 13.3. The summed E-state index contributed by atoms with van der Waals surface area (Å²) in [5.74, 6) is 1.36. The van der Waals surface area contributed by atoms with Gasteiger partial charge in [0.1, 0.15) is 18.2 Å². The molecule has 5 rings (SSSR count). The lowest BCUT2D eigenvalue weighted by Gasteiger charge is -2.19. The van der Waals surface area contributed by atoms with Gasteiger partial charge in [0, 0.05) is 23.0 Å². The summed E-state index contributed by atoms with van der Waals surface area (Å²) < 4.78 is 5.92. The van der Waals surface area contributed by atoms with Crippen LogP contribution in [0.2, 0.25) is 0 Å². The van der Waals surface area contributed by atoms with Crippen LogP contribution in [0.15, 0.2) is 109 Å². The average Bonchev–Trinajstić information content (AvgIpc) is 3.34. The van der Waals surface area contributed by atoms with E-state index >= 15 is 0 Å². The first-order chi connectivity index (χ1) is 18.6. The summed E-state index contributed by atoms with van der Waals surface area (Å²) in [6, 6.07) is 36.3. The van der Waals surface area contributed by atoms with E-state index in [4.69, 9.17) is 4.74 Å². The number of ether oxygens (including phenoxy) is 1. The van der Waals surface area contributed by atoms with Crippen molar-refractivity contribution < 1.29 is 9.53 Å². The van der Waals surface area contributed by atoms with Crippen LogP contribution in [0.5, 0.6) is 5.75 Å². The first-order valence-corrected chi connectivity index (χ1v) is 13.0. The molecule has 192 valence electrons. The van der Waals surface area contributed by atoms with Crippen molar-refractivity contribution in [3.63, 3.8) is 0 Å². The molecule has 5 heteroatoms. The first-order valence-electron chi connectivity index (χ1n) is 13.0. The predicted octanol–water partition coefficient (Wildman–Crippen LogP) is 7.34. The number of fused-ring (bicyclic) bond motifs is 1. The number of aromatic nitrogens is 1. The monoisotopic (exact) mass is 503 g/mol. The number of aromatic amines is 1. The Morgan fingerprint density at radius 3 is 2.18 bits per heavy atom. The lowest BCUT2D eigenvalue weighted by molar-refractivity contribution is -0.122. The van der Waals surface area contributed by atoms with Crippen molar-refractivity contribution in [1.29, 1.82) is 0 Å². The lowest BCUT2D eigenvalue weighted by Crippen LogP contribution is -2.30. The number of carbonyl (C=O) groups is 1. The van der Waals surface area contributed by atoms with E-state index in [1.165, 1.54) is 0 Å². The van der Waals surface area contributed by atoms with Crippen LogP contribution in [-0.2, 0) is 17.9 Å². The van der Waals surface area contributed by atoms with Gasteiger partial charge in [-0.15, -0.1) is 0 Å². The molecule has 0 aliphatic heterocycles. The minimum atomic E-state index is -0.339. The number of anilines is 1. The molecule has 1 amide bonds. The van der Waals surface area contributed by atoms with Crippen molar-refractivity contribution in [2.45, 2.75) is 39.0 Å². The molecule has 5 aromatic rings. The van der Waals surface area contributed by atoms with Crippen LogP contribution in [0, 0.1) is 0 Å². The fourth-order valence-electron chi connectivity index (χ4n) is 4.68. The van der Waals surface area contributed by atoms with Gasteiger partial charge in [0.05, 0.1) is 12.0 Å². The maximum atomic E-state index is 13.3. The SMILES string of the molecule is CC(NC(=O)C(C)c1c(NCc2ccc(OCc3ccccc3)cc2)[nH]c2ccccc12)c1ccccc1. The molecule has 0 saturated heterocycles. The second kappa shape index (κ2) is 11.7. The van der Waals surface area contributed by atoms with Gasteiger partial charge in [0.25, 0.3) is 0 Å². The second-order valence-corrected chi connectivity index (χ2v) is 9.59. The third-order valence-corrected chi connectivity index (χ3v) is 6.87. The molecular formula is C33H33N3O2. The fourth-order valence-corrected chi connectivity index (χ4v) is 4.68. The van der Waals surface area contributed by atoms with E-state index in [1.54, 1.807) is 0 Å². The molecule has 38 heavy (non-hydrogen) atoms. The Bertz CT molecular complexity index is 1480. The standard InChI is InChI=1S/C33H33N3O2/c1-23(33(37)35-24(2)27-13-7-4-8-14-27)31-29-15-9-10-16-30(29)36-32(31)34-21-25-17-19-28(20-18-25)38-22-26-11-5-3-6-12-26/h3-20,23-24,34,36H,21-22H2,1-2H3,(H,35,37). The molecular weight excluding hydrogens is 470 g/mol. The molecule has 4 aromatic carbocycles. The Morgan fingerprint density at radius 2 is 1.45 bits per heavy atom. The van der Waals surface area contributed by atoms with Crippen LogP contribution in [0.1, 0.15) is 48.1 Å². The number of nitrogens with one attached hydrogen (secondary N) is 3. The highest BCUT2D eigenvalue weighted by Gasteiger charge is 2.24. The summed E-state index contributed by atoms with van der Waals surface area (Å²) in [7, 11) is 0. The molecule has 0 aliphatic rings. The molecule has 2 unspecified atom stereocenters. The molecule has 0 bridgehead atoms. The summed E-state index contributed by atoms with van der Waals surface area (Å²) in [4.78, 5) is 16.8. The molecule has 1 heterocycles. The number of benzene rings is 4. The lowest BCUT2D eigenvalue weighted by atomic mass is 9.97. The van der Waals surface area contributed by atoms with Crippen molar-refractivity contribution in [2.75, 3.05) is 5.32 Å². The van der Waals surface area contributed by atoms with Gasteiger partial charge in [-0.1, -0.05) is 91.0 Å². The van der Waals surface area contributed by atoms with Crippen molar-refractivity contribution in [2.24, 2.45) is 0 Å². The van der Waals surface area contributed by atoms with Gasteiger partial charge in [-0.2, -0.15) is 0 Å². The number of para-hydroxylation sites is 1. The third kappa shape index (κ3) is 5.89. The molecule has 3 N–H and O–H groups in total. The number of carbonyl (C=O) groups excluding carboxylic acids is 1. The minimum absolute atomic E-state index is 0.00549. The van der Waals surface area contributed by atoms with Gasteiger partial charge in [-0.05, 0) is 48.7 Å². The number of hydrogen-bond acceptors (Lipinski definition) is 3. The smallest absolute Gasteiger partial charge is 0.227 e. The van der Waals surface area contributed by atoms with E-state index in [-0.39, 0.29) is 17.9 Å². The van der Waals surface area contributed by atoms with Crippen LogP contribution in [0.25, 0.3) is 10.9 Å². The first kappa shape index (κ1) is 25.2. The van der Waals surface area contributed by atoms with E-state index in [2.05, 4.69) is 45.9 Å². The molecule has 0 saturated carbocycles. The number of H-pyrrole nitrogens is 1. The normalized spacial score (nSPS) is 12.6. The Balaban J connectivity index is 1.28. The molecule has 0 spiro atoms. The van der Waals surface area contributed by atoms with Crippen molar-refractivity contribution in [3.05, 3.63) is 131 Å². The Kier molecular flexibility index (Phi) is 7.74. The molecule has 0 radical (unpaired) electrons.